The number of methoxy groups -OCH3 is 2. The number of hydrogen-bond acceptors (Lipinski definition) is 3. The van der Waals surface area contributed by atoms with Crippen molar-refractivity contribution in [3.05, 3.63) is 95.1 Å². The normalized spacial score (nSPS) is 10.6. The molecule has 3 aromatic rings. The van der Waals surface area contributed by atoms with Crippen LogP contribution >= 0.6 is 0 Å². The summed E-state index contributed by atoms with van der Waals surface area (Å²) in [5.74, 6) is 0.815. The third-order valence-electron chi connectivity index (χ3n) is 4.51. The van der Waals surface area contributed by atoms with Gasteiger partial charge in [-0.05, 0) is 35.7 Å². The average Bonchev–Trinajstić information content (AvgIpc) is 2.69. The molecule has 0 spiro atoms. The Labute approximate surface area is 154 Å². The molecule has 132 valence electrons. The zero-order valence-electron chi connectivity index (χ0n) is 15.2. The van der Waals surface area contributed by atoms with Crippen molar-refractivity contribution in [2.45, 2.75) is 12.8 Å². The van der Waals surface area contributed by atoms with E-state index in [-0.39, 0.29) is 5.78 Å². The van der Waals surface area contributed by atoms with E-state index in [9.17, 15) is 4.79 Å². The van der Waals surface area contributed by atoms with Gasteiger partial charge < -0.3 is 9.47 Å². The summed E-state index contributed by atoms with van der Waals surface area (Å²) in [5, 5.41) is 0. The summed E-state index contributed by atoms with van der Waals surface area (Å²) in [4.78, 5) is 13.6. The van der Waals surface area contributed by atoms with E-state index in [0.717, 1.165) is 16.7 Å². The van der Waals surface area contributed by atoms with Gasteiger partial charge in [-0.15, -0.1) is 0 Å². The molecule has 3 rings (SSSR count). The number of hydrogen-bond donors (Lipinski definition) is 0. The molecule has 0 unspecified atom stereocenters. The number of benzene rings is 3. The van der Waals surface area contributed by atoms with Gasteiger partial charge in [0.2, 0.25) is 0 Å². The van der Waals surface area contributed by atoms with Crippen LogP contribution in [0.25, 0.3) is 0 Å². The molecule has 0 radical (unpaired) electrons. The van der Waals surface area contributed by atoms with Crippen molar-refractivity contribution in [3.63, 3.8) is 0 Å². The minimum Gasteiger partial charge on any atom is -0.496 e. The van der Waals surface area contributed by atoms with E-state index < -0.39 is 5.92 Å². The summed E-state index contributed by atoms with van der Waals surface area (Å²) in [6.07, 6.45) is 0. The van der Waals surface area contributed by atoms with Gasteiger partial charge in [-0.1, -0.05) is 60.7 Å². The van der Waals surface area contributed by atoms with E-state index in [0.29, 0.717) is 17.1 Å². The van der Waals surface area contributed by atoms with Gasteiger partial charge in [0.15, 0.2) is 5.78 Å². The second-order valence-corrected chi connectivity index (χ2v) is 6.14. The third kappa shape index (κ3) is 3.47. The van der Waals surface area contributed by atoms with E-state index in [1.165, 1.54) is 0 Å². The Hall–Kier alpha value is -3.07. The van der Waals surface area contributed by atoms with Gasteiger partial charge in [-0.2, -0.15) is 0 Å². The van der Waals surface area contributed by atoms with Crippen LogP contribution in [0.15, 0.2) is 72.8 Å². The maximum absolute atomic E-state index is 13.6. The van der Waals surface area contributed by atoms with Crippen molar-refractivity contribution in [3.8, 4) is 11.5 Å². The smallest absolute Gasteiger partial charge is 0.178 e. The number of carbonyl (C=O) groups is 1. The van der Waals surface area contributed by atoms with E-state index in [2.05, 4.69) is 0 Å². The highest BCUT2D eigenvalue weighted by Gasteiger charge is 2.27. The fraction of sp³-hybridized carbons (Fsp3) is 0.174. The first-order chi connectivity index (χ1) is 12.7. The predicted octanol–water partition coefficient (Wildman–Crippen LogP) is 5.03. The van der Waals surface area contributed by atoms with Crippen molar-refractivity contribution in [1.82, 2.24) is 0 Å². The van der Waals surface area contributed by atoms with E-state index in [1.807, 2.05) is 73.7 Å². The Morgan fingerprint density at radius 1 is 0.769 bits per heavy atom. The summed E-state index contributed by atoms with van der Waals surface area (Å²) >= 11 is 0. The van der Waals surface area contributed by atoms with Crippen LogP contribution in [0, 0.1) is 6.92 Å². The minimum atomic E-state index is -0.404. The zero-order chi connectivity index (χ0) is 18.5. The number of ketones is 1. The van der Waals surface area contributed by atoms with Gasteiger partial charge in [-0.25, -0.2) is 0 Å². The molecule has 26 heavy (non-hydrogen) atoms. The molecule has 0 aliphatic heterocycles. The van der Waals surface area contributed by atoms with Gasteiger partial charge in [0.25, 0.3) is 0 Å². The van der Waals surface area contributed by atoms with E-state index in [4.69, 9.17) is 9.47 Å². The Morgan fingerprint density at radius 2 is 1.27 bits per heavy atom. The number of ether oxygens (including phenoxy) is 2. The van der Waals surface area contributed by atoms with E-state index >= 15 is 0 Å². The topological polar surface area (TPSA) is 35.5 Å². The Kier molecular flexibility index (Phi) is 5.37. The number of Topliss-reactive ketones (excluding diaryl/α,β-unsaturated/α-hetero) is 1. The minimum absolute atomic E-state index is 0.0162. The molecular weight excluding hydrogens is 324 g/mol. The fourth-order valence-corrected chi connectivity index (χ4v) is 3.18. The fourth-order valence-electron chi connectivity index (χ4n) is 3.18. The highest BCUT2D eigenvalue weighted by atomic mass is 16.5. The summed E-state index contributed by atoms with van der Waals surface area (Å²) in [7, 11) is 3.19. The lowest BCUT2D eigenvalue weighted by Gasteiger charge is -2.19. The maximum atomic E-state index is 13.6. The largest absolute Gasteiger partial charge is 0.496 e. The van der Waals surface area contributed by atoms with Crippen LogP contribution < -0.4 is 9.47 Å². The summed E-state index contributed by atoms with van der Waals surface area (Å²) in [5.41, 5.74) is 3.35. The summed E-state index contributed by atoms with van der Waals surface area (Å²) in [6.45, 7) is 1.93. The van der Waals surface area contributed by atoms with Crippen molar-refractivity contribution in [2.75, 3.05) is 14.2 Å². The van der Waals surface area contributed by atoms with Crippen molar-refractivity contribution >= 4 is 5.78 Å². The molecule has 3 aromatic carbocycles. The second-order valence-electron chi connectivity index (χ2n) is 6.14. The van der Waals surface area contributed by atoms with Gasteiger partial charge >= 0.3 is 0 Å². The molecule has 0 aliphatic carbocycles. The maximum Gasteiger partial charge on any atom is 0.178 e. The lowest BCUT2D eigenvalue weighted by molar-refractivity contribution is 0.0970. The molecular formula is C23H22O3. The Balaban J connectivity index is 2.15. The summed E-state index contributed by atoms with van der Waals surface area (Å²) < 4.78 is 10.9. The van der Waals surface area contributed by atoms with Crippen LogP contribution in [0.2, 0.25) is 0 Å². The predicted molar refractivity (Wildman–Crippen MR) is 103 cm³/mol. The highest BCUT2D eigenvalue weighted by Crippen LogP contribution is 2.35. The van der Waals surface area contributed by atoms with E-state index in [1.54, 1.807) is 20.3 Å². The molecule has 3 nitrogen and oxygen atoms in total. The molecule has 0 saturated carbocycles. The third-order valence-corrected chi connectivity index (χ3v) is 4.51. The Bertz CT molecular complexity index is 847. The van der Waals surface area contributed by atoms with Crippen LogP contribution in [-0.4, -0.2) is 20.0 Å². The van der Waals surface area contributed by atoms with Gasteiger partial charge in [-0.3, -0.25) is 4.79 Å². The van der Waals surface area contributed by atoms with Gasteiger partial charge in [0, 0.05) is 0 Å². The van der Waals surface area contributed by atoms with Crippen molar-refractivity contribution in [1.29, 1.82) is 0 Å². The SMILES string of the molecule is COc1cc(C(=O)C(c2ccccc2)c2ccccc2)c(OC)cc1C. The Morgan fingerprint density at radius 3 is 1.73 bits per heavy atom. The first kappa shape index (κ1) is 17.7. The zero-order valence-corrected chi connectivity index (χ0v) is 15.2. The first-order valence-electron chi connectivity index (χ1n) is 8.52. The van der Waals surface area contributed by atoms with Crippen LogP contribution in [-0.2, 0) is 0 Å². The van der Waals surface area contributed by atoms with Gasteiger partial charge in [0.1, 0.15) is 11.5 Å². The lowest BCUT2D eigenvalue weighted by Crippen LogP contribution is -2.16. The quantitative estimate of drug-likeness (QED) is 0.588. The molecule has 0 heterocycles. The van der Waals surface area contributed by atoms with Crippen molar-refractivity contribution in [2.24, 2.45) is 0 Å². The van der Waals surface area contributed by atoms with Crippen LogP contribution in [0.1, 0.15) is 33.0 Å². The molecule has 3 heteroatoms. The van der Waals surface area contributed by atoms with Crippen LogP contribution in [0.5, 0.6) is 11.5 Å². The number of rotatable bonds is 6. The molecule has 0 atom stereocenters. The molecule has 0 N–H and O–H groups in total. The van der Waals surface area contributed by atoms with Crippen molar-refractivity contribution < 1.29 is 14.3 Å². The monoisotopic (exact) mass is 346 g/mol. The molecule has 0 fully saturated rings. The lowest BCUT2D eigenvalue weighted by atomic mass is 9.84. The molecule has 0 amide bonds. The van der Waals surface area contributed by atoms with Crippen LogP contribution in [0.3, 0.4) is 0 Å². The molecule has 0 aromatic heterocycles. The second kappa shape index (κ2) is 7.87. The first-order valence-corrected chi connectivity index (χ1v) is 8.52. The number of aryl methyl sites for hydroxylation is 1. The van der Waals surface area contributed by atoms with Gasteiger partial charge in [0.05, 0.1) is 25.7 Å². The standard InChI is InChI=1S/C23H22O3/c1-16-14-21(26-3)19(15-20(16)25-2)23(24)22(17-10-6-4-7-11-17)18-12-8-5-9-13-18/h4-15,22H,1-3H3. The average molecular weight is 346 g/mol. The highest BCUT2D eigenvalue weighted by molar-refractivity contribution is 6.05. The molecule has 0 aliphatic rings. The molecule has 0 bridgehead atoms. The number of carbonyl (C=O) groups excluding carboxylic acids is 1. The molecule has 0 saturated heterocycles. The summed E-state index contributed by atoms with van der Waals surface area (Å²) in [6, 6.07) is 23.2. The van der Waals surface area contributed by atoms with Crippen LogP contribution in [0.4, 0.5) is 0 Å².